The number of amides is 1. The van der Waals surface area contributed by atoms with Gasteiger partial charge in [0.15, 0.2) is 0 Å². The fraction of sp³-hybridized carbons (Fsp3) is 0.611. The lowest BCUT2D eigenvalue weighted by Gasteiger charge is -2.37. The van der Waals surface area contributed by atoms with Crippen molar-refractivity contribution in [2.75, 3.05) is 47.4 Å². The normalized spacial score (nSPS) is 20.0. The smallest absolute Gasteiger partial charge is 0.237 e. The lowest BCUT2D eigenvalue weighted by molar-refractivity contribution is -0.129. The van der Waals surface area contributed by atoms with E-state index in [1.165, 1.54) is 0 Å². The van der Waals surface area contributed by atoms with E-state index in [9.17, 15) is 4.79 Å². The minimum Gasteiger partial charge on any atom is -0.497 e. The quantitative estimate of drug-likeness (QED) is 0.804. The minimum atomic E-state index is -0.163. The predicted octanol–water partition coefficient (Wildman–Crippen LogP) is 0.962. The van der Waals surface area contributed by atoms with E-state index in [4.69, 9.17) is 9.47 Å². The Bertz CT molecular complexity index is 536. The van der Waals surface area contributed by atoms with Crippen molar-refractivity contribution < 1.29 is 14.3 Å². The second kappa shape index (κ2) is 9.01. The summed E-state index contributed by atoms with van der Waals surface area (Å²) in [6.07, 6.45) is 0.155. The molecule has 1 N–H and O–H groups in total. The molecule has 1 fully saturated rings. The Morgan fingerprint density at radius 2 is 2.29 bits per heavy atom. The molecular formula is C18H29N3O3. The van der Waals surface area contributed by atoms with Crippen LogP contribution in [-0.4, -0.2) is 75.3 Å². The van der Waals surface area contributed by atoms with Gasteiger partial charge in [-0.3, -0.25) is 9.69 Å². The highest BCUT2D eigenvalue weighted by Gasteiger charge is 2.27. The first kappa shape index (κ1) is 18.7. The van der Waals surface area contributed by atoms with E-state index in [1.54, 1.807) is 7.11 Å². The standard InChI is InChI=1S/C18H29N3O3/c1-14(21-8-9-24-17(13-21)12-20(2)3)18(22)19-11-15-6-5-7-16(10-15)23-4/h5-7,10,14,17H,8-9,11-13H2,1-4H3,(H,19,22)/t14-,17+/m1/s1. The highest BCUT2D eigenvalue weighted by Crippen LogP contribution is 2.13. The van der Waals surface area contributed by atoms with Crippen molar-refractivity contribution in [2.45, 2.75) is 25.6 Å². The van der Waals surface area contributed by atoms with Crippen LogP contribution in [0.15, 0.2) is 24.3 Å². The summed E-state index contributed by atoms with van der Waals surface area (Å²) < 4.78 is 11.0. The average Bonchev–Trinajstić information content (AvgIpc) is 2.58. The van der Waals surface area contributed by atoms with Gasteiger partial charge in [-0.05, 0) is 38.7 Å². The highest BCUT2D eigenvalue weighted by atomic mass is 16.5. The average molecular weight is 335 g/mol. The molecule has 1 aromatic carbocycles. The molecule has 1 saturated heterocycles. The second-order valence-corrected chi connectivity index (χ2v) is 6.50. The van der Waals surface area contributed by atoms with Crippen molar-refractivity contribution in [3.8, 4) is 5.75 Å². The molecule has 1 aromatic rings. The molecule has 2 rings (SSSR count). The van der Waals surface area contributed by atoms with Gasteiger partial charge in [-0.2, -0.15) is 0 Å². The molecule has 0 aliphatic carbocycles. The van der Waals surface area contributed by atoms with Gasteiger partial charge in [0, 0.05) is 26.2 Å². The van der Waals surface area contributed by atoms with Crippen LogP contribution < -0.4 is 10.1 Å². The third-order valence-electron chi connectivity index (χ3n) is 4.27. The van der Waals surface area contributed by atoms with Gasteiger partial charge >= 0.3 is 0 Å². The summed E-state index contributed by atoms with van der Waals surface area (Å²) in [5.41, 5.74) is 1.03. The summed E-state index contributed by atoms with van der Waals surface area (Å²) in [5.74, 6) is 0.845. The minimum absolute atomic E-state index is 0.0447. The number of carbonyl (C=O) groups is 1. The van der Waals surface area contributed by atoms with Crippen LogP contribution in [0.25, 0.3) is 0 Å². The van der Waals surface area contributed by atoms with Gasteiger partial charge < -0.3 is 19.7 Å². The van der Waals surface area contributed by atoms with Crippen LogP contribution >= 0.6 is 0 Å². The van der Waals surface area contributed by atoms with Crippen LogP contribution in [0.3, 0.4) is 0 Å². The van der Waals surface area contributed by atoms with Crippen LogP contribution in [0.4, 0.5) is 0 Å². The Balaban J connectivity index is 1.84. The topological polar surface area (TPSA) is 54.0 Å². The Labute approximate surface area is 144 Å². The van der Waals surface area contributed by atoms with E-state index in [2.05, 4.69) is 15.1 Å². The highest BCUT2D eigenvalue weighted by molar-refractivity contribution is 5.81. The van der Waals surface area contributed by atoms with E-state index >= 15 is 0 Å². The number of carbonyl (C=O) groups excluding carboxylic acids is 1. The molecule has 6 heteroatoms. The molecule has 0 spiro atoms. The van der Waals surface area contributed by atoms with Crippen LogP contribution in [0.5, 0.6) is 5.75 Å². The fourth-order valence-corrected chi connectivity index (χ4v) is 2.90. The molecule has 2 atom stereocenters. The molecule has 1 heterocycles. The molecule has 1 aliphatic rings. The monoisotopic (exact) mass is 335 g/mol. The Hall–Kier alpha value is -1.63. The summed E-state index contributed by atoms with van der Waals surface area (Å²) in [6, 6.07) is 7.58. The van der Waals surface area contributed by atoms with E-state index in [0.717, 1.165) is 30.9 Å². The first-order valence-corrected chi connectivity index (χ1v) is 8.40. The van der Waals surface area contributed by atoms with Crippen LogP contribution in [0.2, 0.25) is 0 Å². The van der Waals surface area contributed by atoms with Crippen molar-refractivity contribution in [1.82, 2.24) is 15.1 Å². The number of rotatable bonds is 7. The first-order valence-electron chi connectivity index (χ1n) is 8.40. The molecule has 1 aliphatic heterocycles. The van der Waals surface area contributed by atoms with Gasteiger partial charge in [-0.1, -0.05) is 12.1 Å². The number of likely N-dealkylation sites (N-methyl/N-ethyl adjacent to an activating group) is 1. The molecule has 0 radical (unpaired) electrons. The van der Waals surface area contributed by atoms with Crippen molar-refractivity contribution in [2.24, 2.45) is 0 Å². The van der Waals surface area contributed by atoms with Gasteiger partial charge in [0.05, 0.1) is 25.9 Å². The van der Waals surface area contributed by atoms with Gasteiger partial charge in [-0.15, -0.1) is 0 Å². The van der Waals surface area contributed by atoms with Crippen molar-refractivity contribution in [3.63, 3.8) is 0 Å². The van der Waals surface area contributed by atoms with Crippen molar-refractivity contribution in [1.29, 1.82) is 0 Å². The van der Waals surface area contributed by atoms with Crippen molar-refractivity contribution >= 4 is 5.91 Å². The number of methoxy groups -OCH3 is 1. The number of nitrogens with one attached hydrogen (secondary N) is 1. The van der Waals surface area contributed by atoms with E-state index in [1.807, 2.05) is 45.3 Å². The molecule has 0 bridgehead atoms. The number of ether oxygens (including phenoxy) is 2. The van der Waals surface area contributed by atoms with Crippen LogP contribution in [-0.2, 0) is 16.1 Å². The maximum atomic E-state index is 12.5. The van der Waals surface area contributed by atoms with E-state index < -0.39 is 0 Å². The molecule has 24 heavy (non-hydrogen) atoms. The van der Waals surface area contributed by atoms with Gasteiger partial charge in [0.2, 0.25) is 5.91 Å². The molecule has 6 nitrogen and oxygen atoms in total. The number of morpholine rings is 1. The zero-order chi connectivity index (χ0) is 17.5. The number of benzene rings is 1. The Morgan fingerprint density at radius 1 is 1.50 bits per heavy atom. The molecule has 0 unspecified atom stereocenters. The van der Waals surface area contributed by atoms with Gasteiger partial charge in [-0.25, -0.2) is 0 Å². The third kappa shape index (κ3) is 5.47. The maximum Gasteiger partial charge on any atom is 0.237 e. The van der Waals surface area contributed by atoms with Gasteiger partial charge in [0.1, 0.15) is 5.75 Å². The predicted molar refractivity (Wildman–Crippen MR) is 94.2 cm³/mol. The number of nitrogens with zero attached hydrogens (tertiary/aromatic N) is 2. The lowest BCUT2D eigenvalue weighted by atomic mass is 10.1. The van der Waals surface area contributed by atoms with E-state index in [0.29, 0.717) is 13.2 Å². The Morgan fingerprint density at radius 3 is 3.00 bits per heavy atom. The molecular weight excluding hydrogens is 306 g/mol. The summed E-state index contributed by atoms with van der Waals surface area (Å²) in [6.45, 7) is 5.58. The van der Waals surface area contributed by atoms with Crippen LogP contribution in [0.1, 0.15) is 12.5 Å². The van der Waals surface area contributed by atoms with Crippen LogP contribution in [0, 0.1) is 0 Å². The zero-order valence-corrected chi connectivity index (χ0v) is 15.1. The summed E-state index contributed by atoms with van der Waals surface area (Å²) >= 11 is 0. The summed E-state index contributed by atoms with van der Waals surface area (Å²) in [7, 11) is 5.71. The molecule has 134 valence electrons. The fourth-order valence-electron chi connectivity index (χ4n) is 2.90. The number of hydrogen-bond acceptors (Lipinski definition) is 5. The first-order chi connectivity index (χ1) is 11.5. The molecule has 0 aromatic heterocycles. The third-order valence-corrected chi connectivity index (χ3v) is 4.27. The number of hydrogen-bond donors (Lipinski definition) is 1. The summed E-state index contributed by atoms with van der Waals surface area (Å²) in [5, 5.41) is 3.02. The lowest BCUT2D eigenvalue weighted by Crippen LogP contribution is -2.53. The largest absolute Gasteiger partial charge is 0.497 e. The van der Waals surface area contributed by atoms with Crippen molar-refractivity contribution in [3.05, 3.63) is 29.8 Å². The second-order valence-electron chi connectivity index (χ2n) is 6.50. The molecule has 0 saturated carbocycles. The SMILES string of the molecule is COc1cccc(CNC(=O)[C@@H](C)N2CCO[C@@H](CN(C)C)C2)c1. The molecule has 1 amide bonds. The zero-order valence-electron chi connectivity index (χ0n) is 15.1. The van der Waals surface area contributed by atoms with E-state index in [-0.39, 0.29) is 18.1 Å². The Kier molecular flexibility index (Phi) is 7.02. The maximum absolute atomic E-state index is 12.5. The summed E-state index contributed by atoms with van der Waals surface area (Å²) in [4.78, 5) is 16.8. The van der Waals surface area contributed by atoms with Gasteiger partial charge in [0.25, 0.3) is 0 Å².